The van der Waals surface area contributed by atoms with Gasteiger partial charge in [0.2, 0.25) is 5.78 Å². The van der Waals surface area contributed by atoms with Crippen LogP contribution >= 0.6 is 0 Å². The summed E-state index contributed by atoms with van der Waals surface area (Å²) in [5, 5.41) is 11.7. The zero-order valence-electron chi connectivity index (χ0n) is 16.4. The number of nitro groups is 1. The van der Waals surface area contributed by atoms with E-state index in [9.17, 15) is 29.3 Å². The Bertz CT molecular complexity index is 1110. The van der Waals surface area contributed by atoms with Crippen LogP contribution in [0, 0.1) is 10.1 Å². The number of esters is 2. The molecule has 0 spiro atoms. The molecule has 0 heterocycles. The molecular formula is C21H17NO8. The normalized spacial score (nSPS) is 12.6. The van der Waals surface area contributed by atoms with Gasteiger partial charge in [-0.25, -0.2) is 9.59 Å². The van der Waals surface area contributed by atoms with E-state index in [1.807, 2.05) is 0 Å². The summed E-state index contributed by atoms with van der Waals surface area (Å²) in [7, 11) is 0. The minimum atomic E-state index is -1.19. The largest absolute Gasteiger partial charge is 0.457 e. The van der Waals surface area contributed by atoms with Crippen LogP contribution in [-0.4, -0.2) is 40.6 Å². The van der Waals surface area contributed by atoms with Gasteiger partial charge >= 0.3 is 11.9 Å². The molecule has 30 heavy (non-hydrogen) atoms. The Kier molecular flexibility index (Phi) is 5.22. The number of ether oxygens (including phenoxy) is 2. The summed E-state index contributed by atoms with van der Waals surface area (Å²) in [5.41, 5.74) is -2.69. The van der Waals surface area contributed by atoms with Crippen LogP contribution in [0.5, 0.6) is 0 Å². The average molecular weight is 411 g/mol. The lowest BCUT2D eigenvalue weighted by molar-refractivity contribution is -0.385. The standard InChI is InChI=1S/C21H17NO8/c1-21(2,3)30-15(23)10-29-20(26)14-9-8-13-16(17(14)22(27)28)19(25)12-7-5-4-6-11(12)18(13)24/h4-9H,10H2,1-3H3. The van der Waals surface area contributed by atoms with Gasteiger partial charge < -0.3 is 9.47 Å². The van der Waals surface area contributed by atoms with Crippen LogP contribution in [0.3, 0.4) is 0 Å². The predicted octanol–water partition coefficient (Wildman–Crippen LogP) is 2.87. The van der Waals surface area contributed by atoms with Crippen molar-refractivity contribution >= 4 is 29.2 Å². The molecule has 0 radical (unpaired) electrons. The van der Waals surface area contributed by atoms with Crippen molar-refractivity contribution in [3.05, 3.63) is 74.3 Å². The van der Waals surface area contributed by atoms with Crippen LogP contribution in [0.2, 0.25) is 0 Å². The van der Waals surface area contributed by atoms with Gasteiger partial charge in [-0.3, -0.25) is 19.7 Å². The highest BCUT2D eigenvalue weighted by Crippen LogP contribution is 2.35. The van der Waals surface area contributed by atoms with E-state index in [1.165, 1.54) is 24.3 Å². The number of rotatable bonds is 4. The molecule has 0 aromatic heterocycles. The van der Waals surface area contributed by atoms with Gasteiger partial charge in [-0.1, -0.05) is 24.3 Å². The second-order valence-corrected chi connectivity index (χ2v) is 7.51. The van der Waals surface area contributed by atoms with Crippen LogP contribution in [0.25, 0.3) is 0 Å². The number of fused-ring (bicyclic) bond motifs is 2. The zero-order valence-corrected chi connectivity index (χ0v) is 16.4. The Morgan fingerprint density at radius 3 is 2.13 bits per heavy atom. The van der Waals surface area contributed by atoms with E-state index >= 15 is 0 Å². The first-order valence-corrected chi connectivity index (χ1v) is 8.90. The number of carbonyl (C=O) groups is 4. The lowest BCUT2D eigenvalue weighted by Crippen LogP contribution is -2.28. The maximum Gasteiger partial charge on any atom is 0.345 e. The summed E-state index contributed by atoms with van der Waals surface area (Å²) in [4.78, 5) is 60.6. The molecule has 0 aliphatic heterocycles. The summed E-state index contributed by atoms with van der Waals surface area (Å²) in [6.45, 7) is 4.12. The van der Waals surface area contributed by atoms with Gasteiger partial charge in [-0.15, -0.1) is 0 Å². The topological polar surface area (TPSA) is 130 Å². The monoisotopic (exact) mass is 411 g/mol. The van der Waals surface area contributed by atoms with Gasteiger partial charge in [0.25, 0.3) is 5.69 Å². The number of benzene rings is 2. The number of nitro benzene ring substituents is 1. The Morgan fingerprint density at radius 1 is 0.967 bits per heavy atom. The van der Waals surface area contributed by atoms with E-state index in [4.69, 9.17) is 9.47 Å². The molecule has 0 fully saturated rings. The molecule has 2 aromatic carbocycles. The lowest BCUT2D eigenvalue weighted by atomic mass is 9.82. The Balaban J connectivity index is 2.00. The maximum atomic E-state index is 12.9. The third-order valence-corrected chi connectivity index (χ3v) is 4.21. The Hall–Kier alpha value is -3.88. The molecule has 9 nitrogen and oxygen atoms in total. The summed E-state index contributed by atoms with van der Waals surface area (Å²) in [5.74, 6) is -3.32. The number of nitrogens with zero attached hydrogens (tertiary/aromatic N) is 1. The van der Waals surface area contributed by atoms with Crippen molar-refractivity contribution in [1.29, 1.82) is 0 Å². The van der Waals surface area contributed by atoms with E-state index in [2.05, 4.69) is 0 Å². The van der Waals surface area contributed by atoms with Gasteiger partial charge in [-0.05, 0) is 32.9 Å². The second kappa shape index (κ2) is 7.51. The van der Waals surface area contributed by atoms with E-state index in [1.54, 1.807) is 26.8 Å². The lowest BCUT2D eigenvalue weighted by Gasteiger charge is -2.19. The molecule has 1 aliphatic carbocycles. The van der Waals surface area contributed by atoms with Crippen molar-refractivity contribution in [2.24, 2.45) is 0 Å². The first-order valence-electron chi connectivity index (χ1n) is 8.90. The van der Waals surface area contributed by atoms with Crippen molar-refractivity contribution in [2.45, 2.75) is 26.4 Å². The van der Waals surface area contributed by atoms with Gasteiger partial charge in [-0.2, -0.15) is 0 Å². The second-order valence-electron chi connectivity index (χ2n) is 7.51. The summed E-state index contributed by atoms with van der Waals surface area (Å²) < 4.78 is 9.85. The highest BCUT2D eigenvalue weighted by Gasteiger charge is 2.39. The smallest absolute Gasteiger partial charge is 0.345 e. The minimum absolute atomic E-state index is 0.0115. The van der Waals surface area contributed by atoms with E-state index < -0.39 is 57.5 Å². The van der Waals surface area contributed by atoms with Crippen LogP contribution < -0.4 is 0 Å². The first kappa shape index (κ1) is 20.8. The van der Waals surface area contributed by atoms with Gasteiger partial charge in [0.05, 0.1) is 4.92 Å². The van der Waals surface area contributed by atoms with Gasteiger partial charge in [0.15, 0.2) is 12.4 Å². The van der Waals surface area contributed by atoms with E-state index in [0.29, 0.717) is 0 Å². The highest BCUT2D eigenvalue weighted by atomic mass is 16.6. The molecule has 3 rings (SSSR count). The summed E-state index contributed by atoms with van der Waals surface area (Å²) in [6, 6.07) is 8.14. The third kappa shape index (κ3) is 3.82. The molecule has 0 unspecified atom stereocenters. The van der Waals surface area contributed by atoms with Gasteiger partial charge in [0.1, 0.15) is 16.7 Å². The molecular weight excluding hydrogens is 394 g/mol. The van der Waals surface area contributed by atoms with Crippen molar-refractivity contribution in [2.75, 3.05) is 6.61 Å². The fourth-order valence-electron chi connectivity index (χ4n) is 3.10. The van der Waals surface area contributed by atoms with Crippen molar-refractivity contribution in [3.63, 3.8) is 0 Å². The van der Waals surface area contributed by atoms with Crippen LogP contribution in [0.1, 0.15) is 63.0 Å². The first-order chi connectivity index (χ1) is 14.0. The molecule has 0 bridgehead atoms. The maximum absolute atomic E-state index is 12.9. The molecule has 2 aromatic rings. The zero-order chi connectivity index (χ0) is 22.2. The molecule has 9 heteroatoms. The predicted molar refractivity (Wildman–Crippen MR) is 103 cm³/mol. The van der Waals surface area contributed by atoms with Crippen molar-refractivity contribution in [3.8, 4) is 0 Å². The number of ketones is 2. The number of hydrogen-bond acceptors (Lipinski definition) is 8. The molecule has 0 N–H and O–H groups in total. The molecule has 0 saturated heterocycles. The van der Waals surface area contributed by atoms with Crippen LogP contribution in [0.4, 0.5) is 5.69 Å². The summed E-state index contributed by atoms with van der Waals surface area (Å²) in [6.07, 6.45) is 0. The number of hydrogen-bond donors (Lipinski definition) is 0. The highest BCUT2D eigenvalue weighted by molar-refractivity contribution is 6.30. The van der Waals surface area contributed by atoms with Crippen molar-refractivity contribution in [1.82, 2.24) is 0 Å². The van der Waals surface area contributed by atoms with E-state index in [0.717, 1.165) is 6.07 Å². The molecule has 1 aliphatic rings. The Labute approximate surface area is 170 Å². The van der Waals surface area contributed by atoms with Gasteiger partial charge in [0, 0.05) is 16.7 Å². The molecule has 0 atom stereocenters. The van der Waals surface area contributed by atoms with Crippen LogP contribution in [0.15, 0.2) is 36.4 Å². The fourth-order valence-corrected chi connectivity index (χ4v) is 3.10. The average Bonchev–Trinajstić information content (AvgIpc) is 2.67. The number of carbonyl (C=O) groups excluding carboxylic acids is 4. The quantitative estimate of drug-likeness (QED) is 0.364. The van der Waals surface area contributed by atoms with Crippen molar-refractivity contribution < 1.29 is 33.6 Å². The summed E-state index contributed by atoms with van der Waals surface area (Å²) >= 11 is 0. The third-order valence-electron chi connectivity index (χ3n) is 4.21. The Morgan fingerprint density at radius 2 is 1.57 bits per heavy atom. The fraction of sp³-hybridized carbons (Fsp3) is 0.238. The molecule has 154 valence electrons. The minimum Gasteiger partial charge on any atom is -0.457 e. The molecule has 0 saturated carbocycles. The van der Waals surface area contributed by atoms with E-state index in [-0.39, 0.29) is 16.7 Å². The van der Waals surface area contributed by atoms with Crippen LogP contribution in [-0.2, 0) is 14.3 Å². The molecule has 0 amide bonds. The SMILES string of the molecule is CC(C)(C)OC(=O)COC(=O)c1ccc2c(c1[N+](=O)[O-])C(=O)c1ccccc1C2=O.